The number of hydrogen-bond donors (Lipinski definition) is 2. The number of unbranched alkanes of at least 4 members (excludes halogenated alkanes) is 1. The zero-order valence-electron chi connectivity index (χ0n) is 10.8. The number of benzene rings is 1. The van der Waals surface area contributed by atoms with E-state index in [0.717, 1.165) is 37.3 Å². The minimum absolute atomic E-state index is 0.824. The van der Waals surface area contributed by atoms with Gasteiger partial charge in [0.25, 0.3) is 0 Å². The number of aromatic nitrogens is 2. The molecule has 96 valence electrons. The molecule has 0 spiro atoms. The lowest BCUT2D eigenvalue weighted by atomic mass is 10.1. The maximum absolute atomic E-state index is 5.94. The van der Waals surface area contributed by atoms with Gasteiger partial charge in [-0.05, 0) is 31.4 Å². The van der Waals surface area contributed by atoms with Crippen LogP contribution in [0.1, 0.15) is 18.4 Å². The second kappa shape index (κ2) is 6.10. The summed E-state index contributed by atoms with van der Waals surface area (Å²) in [6.45, 7) is 4.04. The second-order valence-corrected chi connectivity index (χ2v) is 4.47. The molecule has 4 nitrogen and oxygen atoms in total. The van der Waals surface area contributed by atoms with Crippen LogP contribution in [0.2, 0.25) is 0 Å². The Labute approximate surface area is 108 Å². The Kier molecular flexibility index (Phi) is 4.23. The van der Waals surface area contributed by atoms with E-state index in [1.54, 1.807) is 0 Å². The van der Waals surface area contributed by atoms with Gasteiger partial charge in [0, 0.05) is 25.5 Å². The van der Waals surface area contributed by atoms with Gasteiger partial charge in [-0.2, -0.15) is 0 Å². The van der Waals surface area contributed by atoms with E-state index in [0.29, 0.717) is 0 Å². The average Bonchev–Trinajstić information content (AvgIpc) is 2.85. The molecule has 0 saturated carbocycles. The van der Waals surface area contributed by atoms with Gasteiger partial charge in [0.15, 0.2) is 0 Å². The predicted octanol–water partition coefficient (Wildman–Crippen LogP) is 2.67. The summed E-state index contributed by atoms with van der Waals surface area (Å²) < 4.78 is 2.10. The lowest BCUT2D eigenvalue weighted by molar-refractivity contribution is 0.621. The van der Waals surface area contributed by atoms with Crippen LogP contribution >= 0.6 is 0 Å². The maximum Gasteiger partial charge on any atom is 0.0945 e. The number of anilines is 2. The summed E-state index contributed by atoms with van der Waals surface area (Å²) in [4.78, 5) is 4.02. The zero-order chi connectivity index (χ0) is 12.8. The number of hydrogen-bond acceptors (Lipinski definition) is 3. The van der Waals surface area contributed by atoms with E-state index >= 15 is 0 Å². The molecule has 0 fully saturated rings. The van der Waals surface area contributed by atoms with Crippen LogP contribution in [0.4, 0.5) is 11.4 Å². The summed E-state index contributed by atoms with van der Waals surface area (Å²) in [5, 5.41) is 3.41. The summed E-state index contributed by atoms with van der Waals surface area (Å²) in [5.74, 6) is 0. The second-order valence-electron chi connectivity index (χ2n) is 4.47. The first kappa shape index (κ1) is 12.5. The van der Waals surface area contributed by atoms with Crippen LogP contribution in [0.5, 0.6) is 0 Å². The Morgan fingerprint density at radius 1 is 1.33 bits per heavy atom. The third-order valence-electron chi connectivity index (χ3n) is 3.01. The van der Waals surface area contributed by atoms with Crippen molar-refractivity contribution in [2.75, 3.05) is 17.6 Å². The van der Waals surface area contributed by atoms with E-state index in [4.69, 9.17) is 5.73 Å². The molecule has 2 rings (SSSR count). The van der Waals surface area contributed by atoms with Gasteiger partial charge in [0.1, 0.15) is 0 Å². The molecule has 1 aromatic carbocycles. The predicted molar refractivity (Wildman–Crippen MR) is 75.5 cm³/mol. The summed E-state index contributed by atoms with van der Waals surface area (Å²) in [7, 11) is 0. The van der Waals surface area contributed by atoms with Crippen molar-refractivity contribution < 1.29 is 0 Å². The molecule has 0 aliphatic rings. The first-order valence-electron chi connectivity index (χ1n) is 6.32. The van der Waals surface area contributed by atoms with Crippen molar-refractivity contribution in [1.82, 2.24) is 9.55 Å². The van der Waals surface area contributed by atoms with Crippen molar-refractivity contribution in [2.24, 2.45) is 0 Å². The van der Waals surface area contributed by atoms with Crippen LogP contribution in [0.3, 0.4) is 0 Å². The van der Waals surface area contributed by atoms with Crippen molar-refractivity contribution in [3.05, 3.63) is 42.5 Å². The van der Waals surface area contributed by atoms with E-state index in [1.165, 1.54) is 5.56 Å². The van der Waals surface area contributed by atoms with Crippen molar-refractivity contribution in [1.29, 1.82) is 0 Å². The van der Waals surface area contributed by atoms with E-state index in [1.807, 2.05) is 30.9 Å². The zero-order valence-corrected chi connectivity index (χ0v) is 10.8. The molecule has 0 radical (unpaired) electrons. The number of nitrogens with zero attached hydrogens (tertiary/aromatic N) is 2. The monoisotopic (exact) mass is 244 g/mol. The fourth-order valence-corrected chi connectivity index (χ4v) is 1.98. The van der Waals surface area contributed by atoms with E-state index in [2.05, 4.69) is 27.9 Å². The summed E-state index contributed by atoms with van der Waals surface area (Å²) in [6, 6.07) is 5.99. The smallest absolute Gasteiger partial charge is 0.0945 e. The van der Waals surface area contributed by atoms with Crippen molar-refractivity contribution >= 4 is 11.4 Å². The van der Waals surface area contributed by atoms with Gasteiger partial charge in [-0.3, -0.25) is 0 Å². The fraction of sp³-hybridized carbons (Fsp3) is 0.357. The van der Waals surface area contributed by atoms with Gasteiger partial charge in [-0.25, -0.2) is 4.98 Å². The molecule has 0 saturated heterocycles. The van der Waals surface area contributed by atoms with Crippen LogP contribution in [0, 0.1) is 6.92 Å². The first-order valence-corrected chi connectivity index (χ1v) is 6.32. The number of nitrogen functional groups attached to an aromatic ring is 1. The van der Waals surface area contributed by atoms with E-state index in [9.17, 15) is 0 Å². The Hall–Kier alpha value is -1.97. The van der Waals surface area contributed by atoms with Crippen LogP contribution in [0.15, 0.2) is 36.9 Å². The fourth-order valence-electron chi connectivity index (χ4n) is 1.98. The summed E-state index contributed by atoms with van der Waals surface area (Å²) >= 11 is 0. The van der Waals surface area contributed by atoms with Crippen LogP contribution < -0.4 is 11.1 Å². The number of para-hydroxylation sites is 1. The average molecular weight is 244 g/mol. The van der Waals surface area contributed by atoms with Crippen LogP contribution in [-0.4, -0.2) is 16.1 Å². The number of nitrogens with one attached hydrogen (secondary N) is 1. The molecule has 18 heavy (non-hydrogen) atoms. The Bertz CT molecular complexity index is 456. The summed E-state index contributed by atoms with van der Waals surface area (Å²) in [6.07, 6.45) is 7.91. The SMILES string of the molecule is Cc1cccc(N)c1NCCCCn1ccnc1. The molecule has 2 aromatic rings. The molecule has 3 N–H and O–H groups in total. The molecule has 1 heterocycles. The Morgan fingerprint density at radius 2 is 2.22 bits per heavy atom. The molecule has 0 unspecified atom stereocenters. The molecule has 4 heteroatoms. The van der Waals surface area contributed by atoms with Crippen molar-refractivity contribution in [3.63, 3.8) is 0 Å². The highest BCUT2D eigenvalue weighted by atomic mass is 15.0. The van der Waals surface area contributed by atoms with Gasteiger partial charge >= 0.3 is 0 Å². The molecule has 0 aliphatic heterocycles. The minimum atomic E-state index is 0.824. The van der Waals surface area contributed by atoms with Gasteiger partial charge in [-0.15, -0.1) is 0 Å². The van der Waals surface area contributed by atoms with Crippen LogP contribution in [-0.2, 0) is 6.54 Å². The topological polar surface area (TPSA) is 55.9 Å². The van der Waals surface area contributed by atoms with Crippen LogP contribution in [0.25, 0.3) is 0 Å². The molecule has 0 atom stereocenters. The largest absolute Gasteiger partial charge is 0.397 e. The highest BCUT2D eigenvalue weighted by Gasteiger charge is 2.01. The van der Waals surface area contributed by atoms with Gasteiger partial charge in [0.2, 0.25) is 0 Å². The third-order valence-corrected chi connectivity index (χ3v) is 3.01. The quantitative estimate of drug-likeness (QED) is 0.606. The minimum Gasteiger partial charge on any atom is -0.397 e. The Morgan fingerprint density at radius 3 is 2.94 bits per heavy atom. The molecule has 1 aromatic heterocycles. The lowest BCUT2D eigenvalue weighted by Gasteiger charge is -2.12. The number of imidazole rings is 1. The number of nitrogens with two attached hydrogens (primary N) is 1. The van der Waals surface area contributed by atoms with E-state index in [-0.39, 0.29) is 0 Å². The first-order chi connectivity index (χ1) is 8.77. The number of rotatable bonds is 6. The molecule has 0 bridgehead atoms. The highest BCUT2D eigenvalue weighted by Crippen LogP contribution is 2.22. The summed E-state index contributed by atoms with van der Waals surface area (Å²) in [5.41, 5.74) is 9.03. The molecule has 0 aliphatic carbocycles. The van der Waals surface area contributed by atoms with E-state index < -0.39 is 0 Å². The molecule has 0 amide bonds. The molecular formula is C14H20N4. The Balaban J connectivity index is 1.72. The highest BCUT2D eigenvalue weighted by molar-refractivity contribution is 5.69. The lowest BCUT2D eigenvalue weighted by Crippen LogP contribution is -2.07. The van der Waals surface area contributed by atoms with Crippen molar-refractivity contribution in [3.8, 4) is 0 Å². The maximum atomic E-state index is 5.94. The third kappa shape index (κ3) is 3.26. The van der Waals surface area contributed by atoms with Gasteiger partial charge < -0.3 is 15.6 Å². The van der Waals surface area contributed by atoms with Gasteiger partial charge in [0.05, 0.1) is 17.7 Å². The van der Waals surface area contributed by atoms with Gasteiger partial charge in [-0.1, -0.05) is 12.1 Å². The standard InChI is InChI=1S/C14H20N4/c1-12-5-4-6-13(15)14(12)17-7-2-3-9-18-10-8-16-11-18/h4-6,8,10-11,17H,2-3,7,9,15H2,1H3. The number of aryl methyl sites for hydroxylation is 2. The molecular weight excluding hydrogens is 224 g/mol. The normalized spacial score (nSPS) is 10.5. The van der Waals surface area contributed by atoms with Crippen molar-refractivity contribution in [2.45, 2.75) is 26.3 Å².